The normalized spacial score (nSPS) is 18.6. The minimum atomic E-state index is -0.892. The van der Waals surface area contributed by atoms with Crippen LogP contribution in [0.3, 0.4) is 0 Å². The standard InChI is InChI=1S/C14H16N4O3/c1-17-15-8-10(16-17)9-18-6-7-21-12-5-3-2-4-11(12)13(18)14(19)20/h2-5,8,13H,6-7,9H2,1H3,(H,19,20). The van der Waals surface area contributed by atoms with E-state index in [0.29, 0.717) is 31.0 Å². The summed E-state index contributed by atoms with van der Waals surface area (Å²) >= 11 is 0. The van der Waals surface area contributed by atoms with Crippen LogP contribution in [0.15, 0.2) is 30.5 Å². The topological polar surface area (TPSA) is 80.5 Å². The van der Waals surface area contributed by atoms with Crippen LogP contribution in [0.5, 0.6) is 5.75 Å². The van der Waals surface area contributed by atoms with Crippen molar-refractivity contribution in [2.75, 3.05) is 13.2 Å². The molecule has 1 aliphatic heterocycles. The number of carbonyl (C=O) groups is 1. The SMILES string of the molecule is Cn1ncc(CN2CCOc3ccccc3C2C(=O)O)n1. The third-order valence-corrected chi connectivity index (χ3v) is 3.46. The van der Waals surface area contributed by atoms with Gasteiger partial charge in [-0.1, -0.05) is 18.2 Å². The lowest BCUT2D eigenvalue weighted by Gasteiger charge is -2.25. The maximum Gasteiger partial charge on any atom is 0.325 e. The number of aryl methyl sites for hydroxylation is 1. The van der Waals surface area contributed by atoms with Crippen LogP contribution in [0.25, 0.3) is 0 Å². The summed E-state index contributed by atoms with van der Waals surface area (Å²) in [4.78, 5) is 15.0. The molecule has 7 heteroatoms. The molecule has 1 aromatic heterocycles. The molecule has 1 aliphatic rings. The Morgan fingerprint density at radius 2 is 2.29 bits per heavy atom. The molecule has 0 spiro atoms. The largest absolute Gasteiger partial charge is 0.492 e. The summed E-state index contributed by atoms with van der Waals surface area (Å²) in [5.74, 6) is -0.261. The van der Waals surface area contributed by atoms with E-state index in [-0.39, 0.29) is 0 Å². The first kappa shape index (κ1) is 13.6. The molecule has 1 N–H and O–H groups in total. The highest BCUT2D eigenvalue weighted by Gasteiger charge is 2.32. The van der Waals surface area contributed by atoms with Gasteiger partial charge in [-0.2, -0.15) is 15.0 Å². The average Bonchev–Trinajstić information content (AvgIpc) is 2.76. The maximum atomic E-state index is 11.7. The number of ether oxygens (including phenoxy) is 1. The summed E-state index contributed by atoms with van der Waals surface area (Å²) in [7, 11) is 1.74. The lowest BCUT2D eigenvalue weighted by atomic mass is 10.0. The predicted octanol–water partition coefficient (Wildman–Crippen LogP) is 0.835. The van der Waals surface area contributed by atoms with E-state index in [9.17, 15) is 9.90 Å². The number of fused-ring (bicyclic) bond motifs is 1. The van der Waals surface area contributed by atoms with E-state index >= 15 is 0 Å². The number of hydrogen-bond acceptors (Lipinski definition) is 5. The van der Waals surface area contributed by atoms with E-state index in [1.807, 2.05) is 17.0 Å². The third-order valence-electron chi connectivity index (χ3n) is 3.46. The van der Waals surface area contributed by atoms with Crippen LogP contribution in [0.4, 0.5) is 0 Å². The van der Waals surface area contributed by atoms with Gasteiger partial charge in [-0.3, -0.25) is 9.69 Å². The third kappa shape index (κ3) is 2.73. The summed E-state index contributed by atoms with van der Waals surface area (Å²) < 4.78 is 5.66. The van der Waals surface area contributed by atoms with Crippen molar-refractivity contribution in [1.29, 1.82) is 0 Å². The summed E-state index contributed by atoms with van der Waals surface area (Å²) in [6.07, 6.45) is 1.65. The number of carboxylic acids is 1. The minimum Gasteiger partial charge on any atom is -0.492 e. The van der Waals surface area contributed by atoms with Crippen molar-refractivity contribution in [1.82, 2.24) is 19.9 Å². The van der Waals surface area contributed by atoms with Crippen molar-refractivity contribution in [2.45, 2.75) is 12.6 Å². The van der Waals surface area contributed by atoms with Gasteiger partial charge < -0.3 is 9.84 Å². The van der Waals surface area contributed by atoms with E-state index < -0.39 is 12.0 Å². The molecule has 110 valence electrons. The first-order chi connectivity index (χ1) is 10.1. The zero-order valence-electron chi connectivity index (χ0n) is 11.6. The number of nitrogens with zero attached hydrogens (tertiary/aromatic N) is 4. The van der Waals surface area contributed by atoms with E-state index in [4.69, 9.17) is 4.74 Å². The van der Waals surface area contributed by atoms with Gasteiger partial charge in [0, 0.05) is 25.7 Å². The van der Waals surface area contributed by atoms with Gasteiger partial charge in [0.2, 0.25) is 0 Å². The summed E-state index contributed by atoms with van der Waals surface area (Å²) in [5, 5.41) is 17.9. The Morgan fingerprint density at radius 1 is 1.48 bits per heavy atom. The molecule has 2 heterocycles. The number of rotatable bonds is 3. The lowest BCUT2D eigenvalue weighted by Crippen LogP contribution is -2.34. The van der Waals surface area contributed by atoms with Gasteiger partial charge in [-0.15, -0.1) is 0 Å². The maximum absolute atomic E-state index is 11.7. The van der Waals surface area contributed by atoms with Crippen LogP contribution in [-0.2, 0) is 18.4 Å². The van der Waals surface area contributed by atoms with E-state index in [2.05, 4.69) is 10.2 Å². The molecule has 0 bridgehead atoms. The molecule has 3 rings (SSSR count). The molecule has 0 saturated heterocycles. The second kappa shape index (κ2) is 5.53. The molecule has 0 amide bonds. The molecular formula is C14H16N4O3. The Balaban J connectivity index is 1.94. The van der Waals surface area contributed by atoms with Gasteiger partial charge in [0.1, 0.15) is 18.4 Å². The van der Waals surface area contributed by atoms with Crippen LogP contribution in [0, 0.1) is 0 Å². The van der Waals surface area contributed by atoms with Crippen molar-refractivity contribution in [3.8, 4) is 5.75 Å². The van der Waals surface area contributed by atoms with Gasteiger partial charge in [-0.25, -0.2) is 0 Å². The van der Waals surface area contributed by atoms with Gasteiger partial charge in [0.15, 0.2) is 0 Å². The number of para-hydroxylation sites is 1. The van der Waals surface area contributed by atoms with Crippen LogP contribution in [0.1, 0.15) is 17.3 Å². The molecule has 1 atom stereocenters. The molecule has 7 nitrogen and oxygen atoms in total. The molecule has 1 unspecified atom stereocenters. The summed E-state index contributed by atoms with van der Waals surface area (Å²) in [6.45, 7) is 1.38. The van der Waals surface area contributed by atoms with Gasteiger partial charge >= 0.3 is 5.97 Å². The van der Waals surface area contributed by atoms with Crippen LogP contribution < -0.4 is 4.74 Å². The molecule has 2 aromatic rings. The number of carboxylic acid groups (broad SMARTS) is 1. The molecule has 1 aromatic carbocycles. The van der Waals surface area contributed by atoms with Crippen LogP contribution in [-0.4, -0.2) is 44.1 Å². The zero-order valence-corrected chi connectivity index (χ0v) is 11.6. The fourth-order valence-electron chi connectivity index (χ4n) is 2.56. The summed E-state index contributed by atoms with van der Waals surface area (Å²) in [6, 6.07) is 6.52. The van der Waals surface area contributed by atoms with E-state index in [1.165, 1.54) is 4.80 Å². The molecule has 0 aliphatic carbocycles. The molecule has 0 fully saturated rings. The van der Waals surface area contributed by atoms with Crippen molar-refractivity contribution >= 4 is 5.97 Å². The first-order valence-electron chi connectivity index (χ1n) is 6.69. The van der Waals surface area contributed by atoms with Crippen molar-refractivity contribution in [3.05, 3.63) is 41.7 Å². The molecule has 0 radical (unpaired) electrons. The van der Waals surface area contributed by atoms with Gasteiger partial charge in [-0.05, 0) is 6.07 Å². The number of hydrogen-bond donors (Lipinski definition) is 1. The highest BCUT2D eigenvalue weighted by Crippen LogP contribution is 2.32. The number of aromatic nitrogens is 3. The van der Waals surface area contributed by atoms with Crippen molar-refractivity contribution in [2.24, 2.45) is 7.05 Å². The fourth-order valence-corrected chi connectivity index (χ4v) is 2.56. The van der Waals surface area contributed by atoms with Crippen LogP contribution in [0.2, 0.25) is 0 Å². The fraction of sp³-hybridized carbons (Fsp3) is 0.357. The van der Waals surface area contributed by atoms with Gasteiger partial charge in [0.05, 0.1) is 11.9 Å². The van der Waals surface area contributed by atoms with E-state index in [0.717, 1.165) is 5.69 Å². The first-order valence-corrected chi connectivity index (χ1v) is 6.69. The zero-order chi connectivity index (χ0) is 14.8. The van der Waals surface area contributed by atoms with E-state index in [1.54, 1.807) is 25.4 Å². The lowest BCUT2D eigenvalue weighted by molar-refractivity contribution is -0.143. The predicted molar refractivity (Wildman–Crippen MR) is 73.7 cm³/mol. The average molecular weight is 288 g/mol. The quantitative estimate of drug-likeness (QED) is 0.901. The van der Waals surface area contributed by atoms with Crippen molar-refractivity contribution in [3.63, 3.8) is 0 Å². The Kier molecular flexibility index (Phi) is 3.57. The Morgan fingerprint density at radius 3 is 3.00 bits per heavy atom. The number of aliphatic carboxylic acids is 1. The smallest absolute Gasteiger partial charge is 0.325 e. The van der Waals surface area contributed by atoms with Crippen LogP contribution >= 0.6 is 0 Å². The Labute approximate surface area is 121 Å². The molecular weight excluding hydrogens is 272 g/mol. The van der Waals surface area contributed by atoms with Gasteiger partial charge in [0.25, 0.3) is 0 Å². The molecule has 21 heavy (non-hydrogen) atoms. The highest BCUT2D eigenvalue weighted by molar-refractivity contribution is 5.76. The van der Waals surface area contributed by atoms with Crippen molar-refractivity contribution < 1.29 is 14.6 Å². The second-order valence-corrected chi connectivity index (χ2v) is 4.92. The summed E-state index contributed by atoms with van der Waals surface area (Å²) in [5.41, 5.74) is 1.41. The molecule has 0 saturated carbocycles. The minimum absolute atomic E-state index is 0.419. The highest BCUT2D eigenvalue weighted by atomic mass is 16.5. The second-order valence-electron chi connectivity index (χ2n) is 4.92. The monoisotopic (exact) mass is 288 g/mol. The number of benzene rings is 1. The Hall–Kier alpha value is -2.41. The Bertz CT molecular complexity index is 655.